The Morgan fingerprint density at radius 3 is 2.70 bits per heavy atom. The number of hydrogen-bond acceptors (Lipinski definition) is 2. The molecular formula is C17H25NO2. The van der Waals surface area contributed by atoms with Crippen molar-refractivity contribution in [2.45, 2.75) is 59.8 Å². The Morgan fingerprint density at radius 1 is 1.45 bits per heavy atom. The molecule has 0 saturated heterocycles. The molecule has 110 valence electrons. The van der Waals surface area contributed by atoms with E-state index in [4.69, 9.17) is 0 Å². The van der Waals surface area contributed by atoms with E-state index in [0.29, 0.717) is 11.5 Å². The van der Waals surface area contributed by atoms with Crippen molar-refractivity contribution in [3.63, 3.8) is 0 Å². The van der Waals surface area contributed by atoms with Gasteiger partial charge >= 0.3 is 5.97 Å². The minimum Gasteiger partial charge on any atom is -0.478 e. The van der Waals surface area contributed by atoms with Crippen molar-refractivity contribution in [1.82, 2.24) is 4.98 Å². The molecular weight excluding hydrogens is 250 g/mol. The molecule has 1 heterocycles. The minimum absolute atomic E-state index is 0.267. The van der Waals surface area contributed by atoms with E-state index in [-0.39, 0.29) is 5.41 Å². The maximum Gasteiger partial charge on any atom is 0.337 e. The second kappa shape index (κ2) is 5.55. The van der Waals surface area contributed by atoms with Gasteiger partial charge in [-0.25, -0.2) is 4.79 Å². The number of nitrogens with zero attached hydrogens (tertiary/aromatic N) is 1. The fraction of sp³-hybridized carbons (Fsp3) is 0.647. The summed E-state index contributed by atoms with van der Waals surface area (Å²) < 4.78 is 0. The average molecular weight is 275 g/mol. The second-order valence-electron chi connectivity index (χ2n) is 6.95. The molecule has 1 aromatic heterocycles. The molecule has 0 amide bonds. The van der Waals surface area contributed by atoms with Crippen LogP contribution in [0.3, 0.4) is 0 Å². The zero-order chi connectivity index (χ0) is 14.9. The number of carboxylic acids is 1. The molecule has 0 aliphatic heterocycles. The highest BCUT2D eigenvalue weighted by Gasteiger charge is 2.30. The number of aryl methyl sites for hydroxylation is 2. The Morgan fingerprint density at radius 2 is 2.15 bits per heavy atom. The average Bonchev–Trinajstić information content (AvgIpc) is 2.36. The quantitative estimate of drug-likeness (QED) is 0.910. The van der Waals surface area contributed by atoms with Gasteiger partial charge in [0.05, 0.1) is 11.3 Å². The molecule has 2 rings (SSSR count). The summed E-state index contributed by atoms with van der Waals surface area (Å²) in [5, 5.41) is 9.38. The third kappa shape index (κ3) is 3.02. The normalized spacial score (nSPS) is 18.7. The molecule has 0 saturated carbocycles. The Kier molecular flexibility index (Phi) is 4.17. The van der Waals surface area contributed by atoms with Crippen molar-refractivity contribution in [1.29, 1.82) is 0 Å². The number of hydrogen-bond donors (Lipinski definition) is 1. The first kappa shape index (κ1) is 15.0. The van der Waals surface area contributed by atoms with Gasteiger partial charge in [0.25, 0.3) is 0 Å². The Hall–Kier alpha value is -1.38. The topological polar surface area (TPSA) is 50.2 Å². The molecule has 1 aromatic rings. The molecule has 1 N–H and O–H groups in total. The van der Waals surface area contributed by atoms with E-state index in [9.17, 15) is 9.90 Å². The molecule has 20 heavy (non-hydrogen) atoms. The van der Waals surface area contributed by atoms with Crippen LogP contribution in [-0.4, -0.2) is 16.1 Å². The van der Waals surface area contributed by atoms with E-state index in [0.717, 1.165) is 49.1 Å². The zero-order valence-corrected chi connectivity index (χ0v) is 13.0. The number of fused-ring (bicyclic) bond motifs is 1. The maximum atomic E-state index is 11.4. The lowest BCUT2D eigenvalue weighted by Crippen LogP contribution is -2.28. The van der Waals surface area contributed by atoms with Gasteiger partial charge in [-0.1, -0.05) is 34.1 Å². The molecule has 1 atom stereocenters. The van der Waals surface area contributed by atoms with E-state index >= 15 is 0 Å². The van der Waals surface area contributed by atoms with Gasteiger partial charge in [-0.2, -0.15) is 0 Å². The molecule has 0 spiro atoms. The number of aromatic nitrogens is 1. The minimum atomic E-state index is -0.846. The van der Waals surface area contributed by atoms with Crippen molar-refractivity contribution in [2.24, 2.45) is 11.3 Å². The molecule has 1 aliphatic rings. The van der Waals surface area contributed by atoms with Crippen LogP contribution in [0.1, 0.15) is 67.8 Å². The van der Waals surface area contributed by atoms with E-state index < -0.39 is 5.97 Å². The van der Waals surface area contributed by atoms with Gasteiger partial charge in [0.2, 0.25) is 0 Å². The maximum absolute atomic E-state index is 11.4. The van der Waals surface area contributed by atoms with Gasteiger partial charge in [0.15, 0.2) is 0 Å². The van der Waals surface area contributed by atoms with Crippen molar-refractivity contribution in [3.8, 4) is 0 Å². The van der Waals surface area contributed by atoms with Crippen LogP contribution in [0.2, 0.25) is 0 Å². The summed E-state index contributed by atoms with van der Waals surface area (Å²) in [6.45, 7) is 8.85. The SMILES string of the molecule is CCCc1nc2c(cc1C(=O)O)CC(C(C)(C)C)CC2. The highest BCUT2D eigenvalue weighted by molar-refractivity contribution is 5.89. The van der Waals surface area contributed by atoms with Crippen molar-refractivity contribution < 1.29 is 9.90 Å². The number of pyridine rings is 1. The molecule has 0 aromatic carbocycles. The Labute approximate surface area is 121 Å². The summed E-state index contributed by atoms with van der Waals surface area (Å²) in [7, 11) is 0. The van der Waals surface area contributed by atoms with E-state index in [1.165, 1.54) is 0 Å². The van der Waals surface area contributed by atoms with Gasteiger partial charge < -0.3 is 5.11 Å². The third-order valence-electron chi connectivity index (χ3n) is 4.41. The Bertz CT molecular complexity index is 514. The van der Waals surface area contributed by atoms with Crippen molar-refractivity contribution in [3.05, 3.63) is 28.6 Å². The molecule has 1 unspecified atom stereocenters. The fourth-order valence-corrected chi connectivity index (χ4v) is 3.06. The van der Waals surface area contributed by atoms with Crippen LogP contribution in [0, 0.1) is 11.3 Å². The first-order valence-electron chi connectivity index (χ1n) is 7.58. The monoisotopic (exact) mass is 275 g/mol. The van der Waals surface area contributed by atoms with Gasteiger partial charge in [-0.3, -0.25) is 4.98 Å². The molecule has 3 heteroatoms. The predicted molar refractivity (Wildman–Crippen MR) is 80.2 cm³/mol. The predicted octanol–water partition coefficient (Wildman–Crippen LogP) is 3.88. The standard InChI is InChI=1S/C17H25NO2/c1-5-6-15-13(16(19)20)10-11-9-12(17(2,3)4)7-8-14(11)18-15/h10,12H,5-9H2,1-4H3,(H,19,20). The smallest absolute Gasteiger partial charge is 0.337 e. The first-order chi connectivity index (χ1) is 9.32. The van der Waals surface area contributed by atoms with Gasteiger partial charge in [-0.15, -0.1) is 0 Å². The number of aromatic carboxylic acids is 1. The highest BCUT2D eigenvalue weighted by Crippen LogP contribution is 2.37. The van der Waals surface area contributed by atoms with E-state index in [1.54, 1.807) is 0 Å². The van der Waals surface area contributed by atoms with Crippen LogP contribution in [-0.2, 0) is 19.3 Å². The van der Waals surface area contributed by atoms with Crippen LogP contribution >= 0.6 is 0 Å². The summed E-state index contributed by atoms with van der Waals surface area (Å²) in [6.07, 6.45) is 4.77. The van der Waals surface area contributed by atoms with Crippen LogP contribution in [0.15, 0.2) is 6.07 Å². The lowest BCUT2D eigenvalue weighted by Gasteiger charge is -2.34. The van der Waals surface area contributed by atoms with Crippen LogP contribution in [0.5, 0.6) is 0 Å². The summed E-state index contributed by atoms with van der Waals surface area (Å²) >= 11 is 0. The number of rotatable bonds is 3. The largest absolute Gasteiger partial charge is 0.478 e. The third-order valence-corrected chi connectivity index (χ3v) is 4.41. The summed E-state index contributed by atoms with van der Waals surface area (Å²) in [5.41, 5.74) is 3.70. The lowest BCUT2D eigenvalue weighted by molar-refractivity contribution is 0.0694. The highest BCUT2D eigenvalue weighted by atomic mass is 16.4. The van der Waals surface area contributed by atoms with Crippen molar-refractivity contribution >= 4 is 5.97 Å². The summed E-state index contributed by atoms with van der Waals surface area (Å²) in [4.78, 5) is 16.1. The fourth-order valence-electron chi connectivity index (χ4n) is 3.06. The molecule has 0 bridgehead atoms. The first-order valence-corrected chi connectivity index (χ1v) is 7.58. The number of carbonyl (C=O) groups is 1. The van der Waals surface area contributed by atoms with Gasteiger partial charge in [0, 0.05) is 5.69 Å². The summed E-state index contributed by atoms with van der Waals surface area (Å²) in [5.74, 6) is -0.239. The van der Waals surface area contributed by atoms with E-state index in [1.807, 2.05) is 6.07 Å². The van der Waals surface area contributed by atoms with Crippen LogP contribution < -0.4 is 0 Å². The zero-order valence-electron chi connectivity index (χ0n) is 13.0. The Balaban J connectivity index is 2.38. The van der Waals surface area contributed by atoms with Gasteiger partial charge in [0.1, 0.15) is 0 Å². The van der Waals surface area contributed by atoms with Crippen LogP contribution in [0.25, 0.3) is 0 Å². The van der Waals surface area contributed by atoms with Crippen molar-refractivity contribution in [2.75, 3.05) is 0 Å². The molecule has 0 fully saturated rings. The van der Waals surface area contributed by atoms with Crippen LogP contribution in [0.4, 0.5) is 0 Å². The van der Waals surface area contributed by atoms with E-state index in [2.05, 4.69) is 32.7 Å². The molecule has 3 nitrogen and oxygen atoms in total. The molecule has 1 aliphatic carbocycles. The lowest BCUT2D eigenvalue weighted by atomic mass is 9.71. The molecule has 0 radical (unpaired) electrons. The summed E-state index contributed by atoms with van der Waals surface area (Å²) in [6, 6.07) is 1.88. The number of carboxylic acid groups (broad SMARTS) is 1. The van der Waals surface area contributed by atoms with Gasteiger partial charge in [-0.05, 0) is 48.6 Å². The second-order valence-corrected chi connectivity index (χ2v) is 6.95.